The van der Waals surface area contributed by atoms with Crippen molar-refractivity contribution in [3.05, 3.63) is 112 Å². The predicted molar refractivity (Wildman–Crippen MR) is 420 cm³/mol. The van der Waals surface area contributed by atoms with Crippen LogP contribution in [0.2, 0.25) is 0 Å². The summed E-state index contributed by atoms with van der Waals surface area (Å²) < 4.78 is 69.2. The molecule has 7 amide bonds. The maximum atomic E-state index is 14.3. The van der Waals surface area contributed by atoms with Gasteiger partial charge >= 0.3 is 6.09 Å². The molecule has 0 saturated heterocycles. The van der Waals surface area contributed by atoms with Crippen LogP contribution in [0, 0.1) is 18.8 Å². The maximum Gasteiger partial charge on any atom is 0.416 e. The minimum atomic E-state index is -1.47. The Bertz CT molecular complexity index is 3730. The number of ether oxygens (including phenoxy) is 12. The number of carbonyl (C=O) groups is 9. The van der Waals surface area contributed by atoms with Crippen LogP contribution in [0.15, 0.2) is 89.2 Å². The van der Waals surface area contributed by atoms with E-state index in [4.69, 9.17) is 56.8 Å². The number of fused-ring (bicyclic) bond motifs is 4. The summed E-state index contributed by atoms with van der Waals surface area (Å²) in [5, 5.41) is 17.5. The van der Waals surface area contributed by atoms with Gasteiger partial charge in [-0.25, -0.2) is 9.69 Å². The number of anilines is 1. The lowest BCUT2D eigenvalue weighted by atomic mass is 9.88. The zero-order valence-corrected chi connectivity index (χ0v) is 66.9. The second-order valence-corrected chi connectivity index (χ2v) is 29.1. The molecule has 620 valence electrons. The number of hydrogen-bond acceptors (Lipinski definition) is 23. The van der Waals surface area contributed by atoms with E-state index in [1.807, 2.05) is 40.8 Å². The number of aryl methyl sites for hydroxylation is 1. The Balaban J connectivity index is 0.607. The zero-order valence-electron chi connectivity index (χ0n) is 66.9. The van der Waals surface area contributed by atoms with Crippen molar-refractivity contribution < 1.29 is 105 Å². The summed E-state index contributed by atoms with van der Waals surface area (Å²) in [6.45, 7) is 20.7. The van der Waals surface area contributed by atoms with Gasteiger partial charge in [0.25, 0.3) is 23.6 Å². The van der Waals surface area contributed by atoms with Crippen LogP contribution in [0.3, 0.4) is 0 Å². The van der Waals surface area contributed by atoms with Crippen molar-refractivity contribution >= 4 is 70.7 Å². The Morgan fingerprint density at radius 3 is 1.65 bits per heavy atom. The van der Waals surface area contributed by atoms with Crippen LogP contribution in [0.25, 0.3) is 0 Å². The van der Waals surface area contributed by atoms with Gasteiger partial charge in [0, 0.05) is 180 Å². The van der Waals surface area contributed by atoms with Gasteiger partial charge in [0.15, 0.2) is 23.5 Å². The third-order valence-corrected chi connectivity index (χ3v) is 19.5. The van der Waals surface area contributed by atoms with Crippen molar-refractivity contribution in [3.63, 3.8) is 0 Å². The molecule has 5 heterocycles. The standard InChI is InChI=1S/C84H117N7O22/c1-58(2)67(50-66(92)25-44-109-40-16-38-107-36-14-34-105-32-12-30-103-28-11-29-104-31-13-33-106-35-15-37-108-39-17-41-110-45-26-85-77(94)24-27-88-78(95)22-23-79(88)96)80(97)87-62(6)73(93)49-63-18-20-64(21-19-63)57-113-84(101)91-71-53-74(61(5)48-69(71)82(99)90-56-60(4)47-72(90)83(91)100)111-42-9-8-10-43-112-76-52-70-68(51-75(76)102-7)81(98)89-55-59(3)46-65(89)54-86-70/h18-23,48,51-56,58,62,65,67,72,83,100H,8-17,24-47,49-50,57H2,1-7H3,(H,85,94)(H,87,97)/t62-,65-,67-,72-,83?/m0/s1. The van der Waals surface area contributed by atoms with Gasteiger partial charge in [-0.3, -0.25) is 48.2 Å². The van der Waals surface area contributed by atoms with Crippen molar-refractivity contribution in [2.45, 2.75) is 175 Å². The van der Waals surface area contributed by atoms with Gasteiger partial charge in [-0.05, 0) is 139 Å². The second-order valence-electron chi connectivity index (χ2n) is 29.1. The summed E-state index contributed by atoms with van der Waals surface area (Å²) in [5.74, 6) is -1.71. The maximum absolute atomic E-state index is 14.3. The quantitative estimate of drug-likeness (QED) is 0.0349. The number of methoxy groups -OCH3 is 1. The third-order valence-electron chi connectivity index (χ3n) is 19.5. The molecule has 0 saturated carbocycles. The van der Waals surface area contributed by atoms with Crippen molar-refractivity contribution in [1.29, 1.82) is 0 Å². The van der Waals surface area contributed by atoms with Gasteiger partial charge in [0.1, 0.15) is 18.1 Å². The Morgan fingerprint density at radius 2 is 1.09 bits per heavy atom. The lowest BCUT2D eigenvalue weighted by Crippen LogP contribution is -2.50. The summed E-state index contributed by atoms with van der Waals surface area (Å²) >= 11 is 0. The van der Waals surface area contributed by atoms with E-state index in [2.05, 4.69) is 15.6 Å². The van der Waals surface area contributed by atoms with Gasteiger partial charge in [-0.2, -0.15) is 0 Å². The first-order valence-electron chi connectivity index (χ1n) is 39.9. The molecule has 29 nitrogen and oxygen atoms in total. The predicted octanol–water partition coefficient (Wildman–Crippen LogP) is 9.59. The lowest BCUT2D eigenvalue weighted by Gasteiger charge is -2.31. The molecule has 0 aromatic heterocycles. The number of aliphatic hydroxyl groups excluding tert-OH is 1. The number of nitrogens with zero attached hydrogens (tertiary/aromatic N) is 5. The molecule has 3 N–H and O–H groups in total. The molecule has 3 aromatic carbocycles. The molecule has 29 heteroatoms. The summed E-state index contributed by atoms with van der Waals surface area (Å²) in [6.07, 6.45) is 14.2. The first-order chi connectivity index (χ1) is 54.7. The highest BCUT2D eigenvalue weighted by Gasteiger charge is 2.45. The minimum Gasteiger partial charge on any atom is -0.493 e. The molecule has 5 aliphatic heterocycles. The number of benzene rings is 3. The molecule has 5 aliphatic rings. The van der Waals surface area contributed by atoms with Gasteiger partial charge in [-0.15, -0.1) is 0 Å². The molecule has 3 aromatic rings. The van der Waals surface area contributed by atoms with Gasteiger partial charge in [-0.1, -0.05) is 49.3 Å². The topological polar surface area (TPSA) is 334 Å². The number of amides is 7. The van der Waals surface area contributed by atoms with Crippen molar-refractivity contribution in [3.8, 4) is 17.2 Å². The smallest absolute Gasteiger partial charge is 0.416 e. The Kier molecular flexibility index (Phi) is 38.5. The van der Waals surface area contributed by atoms with Crippen LogP contribution in [-0.4, -0.2) is 243 Å². The Labute approximate surface area is 663 Å². The zero-order chi connectivity index (χ0) is 80.9. The van der Waals surface area contributed by atoms with E-state index < -0.39 is 42.1 Å². The van der Waals surface area contributed by atoms with Crippen LogP contribution in [0.5, 0.6) is 17.2 Å². The fourth-order valence-corrected chi connectivity index (χ4v) is 13.2. The molecular formula is C84H117N7O22. The second kappa shape index (κ2) is 48.4. The highest BCUT2D eigenvalue weighted by molar-refractivity contribution is 6.13. The average molecular weight is 1580 g/mol. The minimum absolute atomic E-state index is 0.00924. The number of hydrogen-bond donors (Lipinski definition) is 3. The van der Waals surface area contributed by atoms with Gasteiger partial charge < -0.3 is 82.4 Å². The number of imide groups is 1. The van der Waals surface area contributed by atoms with E-state index >= 15 is 0 Å². The van der Waals surface area contributed by atoms with Crippen LogP contribution in [-0.2, 0) is 84.4 Å². The van der Waals surface area contributed by atoms with Gasteiger partial charge in [0.2, 0.25) is 11.8 Å². The first-order valence-corrected chi connectivity index (χ1v) is 39.9. The van der Waals surface area contributed by atoms with Gasteiger partial charge in [0.05, 0.1) is 74.2 Å². The number of aliphatic hydroxyl groups is 1. The largest absolute Gasteiger partial charge is 0.493 e. The summed E-state index contributed by atoms with van der Waals surface area (Å²) in [4.78, 5) is 127. The SMILES string of the molecule is COc1cc2c(cc1OCCCCCOc1cc3c(cc1C)C(=O)N1C=C(C)C[C@H]1C(O)N3C(=O)OCc1ccc(CC(=O)[C@H](C)NC(=O)[C@@H](CC(=O)CCOCCCOCCCOCCCOCCCOCCCOCCCOCCCOCCNC(=O)CCN3C(=O)C=CC3=O)C(C)C)cc1)N=C[C@@H]1CC(C)=CN1C2=O. The van der Waals surface area contributed by atoms with Crippen LogP contribution < -0.4 is 29.7 Å². The molecule has 0 aliphatic carbocycles. The molecule has 5 atom stereocenters. The number of nitrogens with one attached hydrogen (secondary N) is 2. The third kappa shape index (κ3) is 29.2. The molecular weight excluding hydrogens is 1460 g/mol. The number of ketones is 2. The number of carbonyl (C=O) groups excluding carboxylic acids is 9. The van der Waals surface area contributed by atoms with Crippen molar-refractivity contribution in [2.75, 3.05) is 144 Å². The van der Waals surface area contributed by atoms with Crippen LogP contribution in [0.4, 0.5) is 16.2 Å². The van der Waals surface area contributed by atoms with Crippen molar-refractivity contribution in [2.24, 2.45) is 16.8 Å². The fourth-order valence-electron chi connectivity index (χ4n) is 13.2. The Hall–Kier alpha value is -8.78. The average Bonchev–Trinajstić information content (AvgIpc) is 1.62. The fraction of sp³-hybridized carbons (Fsp3) is 0.595. The van der Waals surface area contributed by atoms with E-state index in [1.165, 1.54) is 24.2 Å². The molecule has 0 fully saturated rings. The number of Topliss-reactive ketones (excluding diaryl/α,β-unsaturated/α-hetero) is 2. The van der Waals surface area contributed by atoms with E-state index in [0.29, 0.717) is 190 Å². The highest BCUT2D eigenvalue weighted by Crippen LogP contribution is 2.41. The molecule has 1 unspecified atom stereocenters. The van der Waals surface area contributed by atoms with E-state index in [9.17, 15) is 48.3 Å². The molecule has 0 bridgehead atoms. The lowest BCUT2D eigenvalue weighted by molar-refractivity contribution is -0.137. The number of unbranched alkanes of at least 4 members (excludes halogenated alkanes) is 2. The van der Waals surface area contributed by atoms with E-state index in [0.717, 1.165) is 72.3 Å². The molecule has 0 radical (unpaired) electrons. The van der Waals surface area contributed by atoms with Crippen LogP contribution >= 0.6 is 0 Å². The number of rotatable bonds is 56. The van der Waals surface area contributed by atoms with E-state index in [-0.39, 0.29) is 104 Å². The van der Waals surface area contributed by atoms with Crippen molar-refractivity contribution in [1.82, 2.24) is 25.3 Å². The highest BCUT2D eigenvalue weighted by atomic mass is 16.6. The van der Waals surface area contributed by atoms with Crippen LogP contribution in [0.1, 0.15) is 168 Å². The Morgan fingerprint density at radius 1 is 0.566 bits per heavy atom. The monoisotopic (exact) mass is 1580 g/mol. The normalized spacial score (nSPS) is 16.8. The molecule has 8 rings (SSSR count). The molecule has 0 spiro atoms. The molecule has 113 heavy (non-hydrogen) atoms. The number of aliphatic imine (C=N–C) groups is 1. The summed E-state index contributed by atoms with van der Waals surface area (Å²) in [6, 6.07) is 11.9. The summed E-state index contributed by atoms with van der Waals surface area (Å²) in [7, 11) is 1.53. The van der Waals surface area contributed by atoms with E-state index in [1.54, 1.807) is 72.8 Å². The summed E-state index contributed by atoms with van der Waals surface area (Å²) in [5.41, 5.74) is 5.23. The first kappa shape index (κ1) is 89.8.